The molecule has 0 amide bonds. The minimum atomic E-state index is 0.361. The molecule has 1 heterocycles. The van der Waals surface area contributed by atoms with Gasteiger partial charge in [0.05, 0.1) is 11.7 Å². The van der Waals surface area contributed by atoms with E-state index >= 15 is 0 Å². The fourth-order valence-corrected chi connectivity index (χ4v) is 0.588. The molecule has 0 aliphatic heterocycles. The van der Waals surface area contributed by atoms with Gasteiger partial charge >= 0.3 is 0 Å². The van der Waals surface area contributed by atoms with E-state index in [0.29, 0.717) is 17.3 Å². The molecule has 0 fully saturated rings. The Kier molecular flexibility index (Phi) is 2.04. The highest BCUT2D eigenvalue weighted by molar-refractivity contribution is 5.02. The zero-order valence-electron chi connectivity index (χ0n) is 5.65. The molecule has 4 nitrogen and oxygen atoms in total. The minimum absolute atomic E-state index is 0.361. The Hall–Kier alpha value is -1.32. The quantitative estimate of drug-likeness (QED) is 0.433. The molecule has 0 saturated heterocycles. The van der Waals surface area contributed by atoms with Crippen LogP contribution in [0.25, 0.3) is 0 Å². The maximum atomic E-state index is 10.5. The highest BCUT2D eigenvalue weighted by Gasteiger charge is 1.95. The van der Waals surface area contributed by atoms with Gasteiger partial charge in [-0.05, 0) is 6.92 Å². The van der Waals surface area contributed by atoms with Crippen LogP contribution in [0.1, 0.15) is 6.92 Å². The van der Waals surface area contributed by atoms with E-state index in [-0.39, 0.29) is 0 Å². The highest BCUT2D eigenvalue weighted by atomic mass is 16.5. The van der Waals surface area contributed by atoms with Crippen LogP contribution in [-0.4, -0.2) is 11.7 Å². The second-order valence-electron chi connectivity index (χ2n) is 1.68. The monoisotopic (exact) mass is 140 g/mol. The third-order valence-corrected chi connectivity index (χ3v) is 0.942. The molecule has 0 radical (unpaired) electrons. The lowest BCUT2D eigenvalue weighted by atomic mass is 10.6. The molecule has 1 aromatic rings. The fourth-order valence-electron chi connectivity index (χ4n) is 0.588. The Balaban J connectivity index is 2.75. The van der Waals surface area contributed by atoms with Crippen molar-refractivity contribution in [1.29, 1.82) is 0 Å². The van der Waals surface area contributed by atoms with Crippen LogP contribution in [0.5, 0.6) is 5.88 Å². The summed E-state index contributed by atoms with van der Waals surface area (Å²) in [4.78, 5) is 0.463. The Bertz CT molecular complexity index is 215. The van der Waals surface area contributed by atoms with Crippen molar-refractivity contribution in [1.82, 2.24) is 5.10 Å². The third-order valence-electron chi connectivity index (χ3n) is 0.942. The molecule has 4 heteroatoms. The molecule has 0 spiro atoms. The second-order valence-corrected chi connectivity index (χ2v) is 1.68. The summed E-state index contributed by atoms with van der Waals surface area (Å²) < 4.78 is 4.95. The van der Waals surface area contributed by atoms with Crippen LogP contribution >= 0.6 is 0 Å². The van der Waals surface area contributed by atoms with Gasteiger partial charge in [0.25, 0.3) is 5.88 Å². The number of hydrogen-bond acceptors (Lipinski definition) is 3. The Labute approximate surface area is 58.6 Å². The van der Waals surface area contributed by atoms with Crippen LogP contribution in [0.2, 0.25) is 0 Å². The number of nitrogens with zero attached hydrogens (tertiary/aromatic N) is 2. The molecule has 10 heavy (non-hydrogen) atoms. The smallest absolute Gasteiger partial charge is 0.280 e. The van der Waals surface area contributed by atoms with Crippen LogP contribution < -0.4 is 9.58 Å². The van der Waals surface area contributed by atoms with Crippen molar-refractivity contribution in [2.24, 2.45) is 0 Å². The topological polar surface area (TPSA) is 49.1 Å². The van der Waals surface area contributed by atoms with E-state index in [1.54, 1.807) is 12.1 Å². The van der Waals surface area contributed by atoms with E-state index in [9.17, 15) is 5.21 Å². The minimum Gasteiger partial charge on any atom is -0.594 e. The average Bonchev–Trinajstić information content (AvgIpc) is 1.88. The van der Waals surface area contributed by atoms with Gasteiger partial charge < -0.3 is 9.94 Å². The molecule has 0 N–H and O–H groups in total. The molecule has 54 valence electrons. The first kappa shape index (κ1) is 6.80. The summed E-state index contributed by atoms with van der Waals surface area (Å²) in [5.41, 5.74) is 0. The van der Waals surface area contributed by atoms with Gasteiger partial charge in [-0.3, -0.25) is 0 Å². The zero-order valence-corrected chi connectivity index (χ0v) is 5.65. The van der Waals surface area contributed by atoms with Crippen molar-refractivity contribution >= 4 is 0 Å². The molecular formula is C6H8N2O2. The van der Waals surface area contributed by atoms with Gasteiger partial charge in [-0.15, -0.1) is 0 Å². The van der Waals surface area contributed by atoms with E-state index in [1.807, 2.05) is 6.92 Å². The number of rotatable bonds is 2. The largest absolute Gasteiger partial charge is 0.594 e. The van der Waals surface area contributed by atoms with Gasteiger partial charge in [-0.2, -0.15) is 0 Å². The van der Waals surface area contributed by atoms with E-state index in [0.717, 1.165) is 0 Å². The predicted molar refractivity (Wildman–Crippen MR) is 34.4 cm³/mol. The highest BCUT2D eigenvalue weighted by Crippen LogP contribution is 1.98. The summed E-state index contributed by atoms with van der Waals surface area (Å²) in [5.74, 6) is 0.361. The fraction of sp³-hybridized carbons (Fsp3) is 0.333. The van der Waals surface area contributed by atoms with Crippen LogP contribution in [0.15, 0.2) is 18.3 Å². The van der Waals surface area contributed by atoms with Gasteiger partial charge in [0, 0.05) is 12.1 Å². The van der Waals surface area contributed by atoms with Crippen molar-refractivity contribution < 1.29 is 9.58 Å². The summed E-state index contributed by atoms with van der Waals surface area (Å²) in [7, 11) is 0. The molecule has 0 bridgehead atoms. The molecule has 1 rings (SSSR count). The molecule has 0 aliphatic rings. The summed E-state index contributed by atoms with van der Waals surface area (Å²) in [6.07, 6.45) is 1.31. The maximum Gasteiger partial charge on any atom is 0.280 e. The summed E-state index contributed by atoms with van der Waals surface area (Å²) in [5, 5.41) is 14.0. The van der Waals surface area contributed by atoms with E-state index in [2.05, 4.69) is 5.10 Å². The molecular weight excluding hydrogens is 132 g/mol. The Morgan fingerprint density at radius 1 is 1.80 bits per heavy atom. The Morgan fingerprint density at radius 2 is 2.60 bits per heavy atom. The lowest BCUT2D eigenvalue weighted by molar-refractivity contribution is -0.669. The van der Waals surface area contributed by atoms with Gasteiger partial charge in [-0.25, -0.2) is 0 Å². The first-order valence-electron chi connectivity index (χ1n) is 3.02. The standard InChI is InChI=1S/C6H8N2O2/c1-2-10-6-4-3-5-8(9)7-6/h3-5H,2H2,1H3. The lowest BCUT2D eigenvalue weighted by Gasteiger charge is -1.97. The number of hydrogen-bond donors (Lipinski definition) is 0. The van der Waals surface area contributed by atoms with Gasteiger partial charge in [0.2, 0.25) is 6.20 Å². The SMILES string of the molecule is CCOc1ccc[n+]([O-])n1. The second kappa shape index (κ2) is 3.00. The van der Waals surface area contributed by atoms with Crippen LogP contribution in [0, 0.1) is 5.21 Å². The van der Waals surface area contributed by atoms with Gasteiger partial charge in [-0.1, -0.05) is 4.85 Å². The number of ether oxygens (including phenoxy) is 1. The Morgan fingerprint density at radius 3 is 3.20 bits per heavy atom. The van der Waals surface area contributed by atoms with E-state index in [1.165, 1.54) is 6.20 Å². The van der Waals surface area contributed by atoms with Crippen molar-refractivity contribution in [3.63, 3.8) is 0 Å². The summed E-state index contributed by atoms with van der Waals surface area (Å²) in [6, 6.07) is 3.23. The molecule has 0 unspecified atom stereocenters. The van der Waals surface area contributed by atoms with E-state index in [4.69, 9.17) is 4.74 Å². The van der Waals surface area contributed by atoms with Crippen molar-refractivity contribution in [2.75, 3.05) is 6.61 Å². The normalized spacial score (nSPS) is 9.30. The van der Waals surface area contributed by atoms with Gasteiger partial charge in [0.15, 0.2) is 0 Å². The predicted octanol–water partition coefficient (Wildman–Crippen LogP) is 0.114. The molecule has 0 atom stereocenters. The third kappa shape index (κ3) is 1.58. The maximum absolute atomic E-state index is 10.5. The molecule has 0 saturated carbocycles. The van der Waals surface area contributed by atoms with Crippen LogP contribution in [-0.2, 0) is 0 Å². The van der Waals surface area contributed by atoms with Crippen LogP contribution in [0.3, 0.4) is 0 Å². The molecule has 0 aliphatic carbocycles. The average molecular weight is 140 g/mol. The summed E-state index contributed by atoms with van der Waals surface area (Å²) in [6.45, 7) is 2.36. The van der Waals surface area contributed by atoms with Crippen LogP contribution in [0.4, 0.5) is 0 Å². The number of aromatic nitrogens is 2. The first-order chi connectivity index (χ1) is 4.83. The van der Waals surface area contributed by atoms with Crippen molar-refractivity contribution in [2.45, 2.75) is 6.92 Å². The van der Waals surface area contributed by atoms with E-state index < -0.39 is 0 Å². The van der Waals surface area contributed by atoms with Crippen molar-refractivity contribution in [3.05, 3.63) is 23.5 Å². The summed E-state index contributed by atoms with van der Waals surface area (Å²) >= 11 is 0. The van der Waals surface area contributed by atoms with Crippen molar-refractivity contribution in [3.8, 4) is 5.88 Å². The molecule has 0 aromatic carbocycles. The molecule has 1 aromatic heterocycles. The zero-order chi connectivity index (χ0) is 7.40. The lowest BCUT2D eigenvalue weighted by Crippen LogP contribution is -2.30. The van der Waals surface area contributed by atoms with Gasteiger partial charge in [0.1, 0.15) is 0 Å². The first-order valence-corrected chi connectivity index (χ1v) is 3.02.